The molecule has 0 N–H and O–H groups in total. The molecule has 0 amide bonds. The summed E-state index contributed by atoms with van der Waals surface area (Å²) in [6.45, 7) is 8.26. The molecule has 158 valence electrons. The van der Waals surface area contributed by atoms with Crippen molar-refractivity contribution < 1.29 is 0 Å². The normalized spacial score (nSPS) is 11.0. The van der Waals surface area contributed by atoms with Crippen molar-refractivity contribution in [3.63, 3.8) is 0 Å². The van der Waals surface area contributed by atoms with E-state index in [0.717, 1.165) is 33.7 Å². The fourth-order valence-corrected chi connectivity index (χ4v) is 5.80. The molecule has 2 heterocycles. The molecular weight excluding hydrogens is 432 g/mol. The molecule has 0 aliphatic heterocycles. The number of hydrogen-bond acceptors (Lipinski definition) is 6. The van der Waals surface area contributed by atoms with Gasteiger partial charge in [-0.25, -0.2) is 0 Å². The van der Waals surface area contributed by atoms with Crippen molar-refractivity contribution in [2.24, 2.45) is 0 Å². The van der Waals surface area contributed by atoms with Crippen LogP contribution in [0.25, 0.3) is 21.4 Å². The Hall–Kier alpha value is -3.68. The minimum Gasteiger partial charge on any atom is -0.192 e. The molecule has 0 bridgehead atoms. The van der Waals surface area contributed by atoms with E-state index in [2.05, 4.69) is 26.8 Å². The molecule has 6 heteroatoms. The molecular formula is C26H22N4S2. The zero-order chi connectivity index (χ0) is 23.7. The molecule has 0 aliphatic rings. The van der Waals surface area contributed by atoms with E-state index in [0.29, 0.717) is 0 Å². The van der Waals surface area contributed by atoms with Gasteiger partial charge in [0.1, 0.15) is 35.4 Å². The van der Waals surface area contributed by atoms with E-state index in [1.165, 1.54) is 20.9 Å². The van der Waals surface area contributed by atoms with Crippen LogP contribution in [0.4, 0.5) is 0 Å². The molecule has 2 aromatic heterocycles. The van der Waals surface area contributed by atoms with E-state index in [1.54, 1.807) is 34.8 Å². The fraction of sp³-hybridized carbons (Fsp3) is 0.231. The van der Waals surface area contributed by atoms with Crippen molar-refractivity contribution in [1.29, 1.82) is 21.0 Å². The summed E-state index contributed by atoms with van der Waals surface area (Å²) in [5.41, 5.74) is 4.82. The van der Waals surface area contributed by atoms with E-state index in [1.807, 2.05) is 49.4 Å². The monoisotopic (exact) mass is 454 g/mol. The van der Waals surface area contributed by atoms with Gasteiger partial charge in [0.05, 0.1) is 0 Å². The van der Waals surface area contributed by atoms with Crippen LogP contribution in [-0.4, -0.2) is 0 Å². The van der Waals surface area contributed by atoms with Gasteiger partial charge in [-0.05, 0) is 73.2 Å². The zero-order valence-electron chi connectivity index (χ0n) is 18.5. The molecule has 0 saturated carbocycles. The molecule has 32 heavy (non-hydrogen) atoms. The average molecular weight is 455 g/mol. The third-order valence-corrected chi connectivity index (χ3v) is 7.39. The van der Waals surface area contributed by atoms with Crippen LogP contribution in [0.2, 0.25) is 0 Å². The quantitative estimate of drug-likeness (QED) is 0.322. The molecule has 2 aromatic rings. The van der Waals surface area contributed by atoms with Gasteiger partial charge < -0.3 is 0 Å². The first-order chi connectivity index (χ1) is 15.4. The summed E-state index contributed by atoms with van der Waals surface area (Å²) in [4.78, 5) is 4.47. The van der Waals surface area contributed by atoms with Crippen LogP contribution in [0.5, 0.6) is 0 Å². The predicted octanol–water partition coefficient (Wildman–Crippen LogP) is 7.36. The summed E-state index contributed by atoms with van der Waals surface area (Å²) in [6.07, 6.45) is 8.99. The fourth-order valence-electron chi connectivity index (χ4n) is 3.25. The summed E-state index contributed by atoms with van der Waals surface area (Å²) in [5.74, 6) is 0. The summed E-state index contributed by atoms with van der Waals surface area (Å²) in [5, 5.41) is 35.9. The lowest BCUT2D eigenvalue weighted by Gasteiger charge is -2.04. The number of nitriles is 4. The Morgan fingerprint density at radius 1 is 0.844 bits per heavy atom. The van der Waals surface area contributed by atoms with Crippen molar-refractivity contribution in [2.75, 3.05) is 0 Å². The summed E-state index contributed by atoms with van der Waals surface area (Å²) in [6, 6.07) is 11.6. The first-order valence-electron chi connectivity index (χ1n) is 10.1. The van der Waals surface area contributed by atoms with E-state index >= 15 is 0 Å². The zero-order valence-corrected chi connectivity index (χ0v) is 20.1. The van der Waals surface area contributed by atoms with Gasteiger partial charge in [0.15, 0.2) is 0 Å². The van der Waals surface area contributed by atoms with Gasteiger partial charge in [-0.2, -0.15) is 21.0 Å². The molecule has 0 aromatic carbocycles. The SMILES string of the molecule is CCc1c(/C(C)=C/C=C(\C)C=C(C#N)C#N)sc(-c2ccc(C=C(C#N)C#N)s2)c1CC. The van der Waals surface area contributed by atoms with Gasteiger partial charge in [-0.15, -0.1) is 22.7 Å². The highest BCUT2D eigenvalue weighted by Gasteiger charge is 2.19. The largest absolute Gasteiger partial charge is 0.192 e. The Morgan fingerprint density at radius 3 is 2.03 bits per heavy atom. The topological polar surface area (TPSA) is 95.2 Å². The van der Waals surface area contributed by atoms with Crippen LogP contribution < -0.4 is 0 Å². The van der Waals surface area contributed by atoms with Crippen molar-refractivity contribution in [1.82, 2.24) is 0 Å². The highest BCUT2D eigenvalue weighted by atomic mass is 32.1. The second kappa shape index (κ2) is 11.6. The van der Waals surface area contributed by atoms with Crippen LogP contribution in [0.1, 0.15) is 48.6 Å². The third-order valence-electron chi connectivity index (χ3n) is 4.77. The second-order valence-corrected chi connectivity index (χ2v) is 9.09. The van der Waals surface area contributed by atoms with Crippen molar-refractivity contribution in [2.45, 2.75) is 40.5 Å². The van der Waals surface area contributed by atoms with Crippen molar-refractivity contribution in [3.8, 4) is 34.0 Å². The molecule has 0 spiro atoms. The maximum atomic E-state index is 9.01. The number of thiophene rings is 2. The van der Waals surface area contributed by atoms with Crippen LogP contribution in [0, 0.1) is 45.3 Å². The molecule has 2 rings (SSSR count). The lowest BCUT2D eigenvalue weighted by Crippen LogP contribution is -1.90. The van der Waals surface area contributed by atoms with Crippen LogP contribution in [-0.2, 0) is 12.8 Å². The second-order valence-electron chi connectivity index (χ2n) is 6.95. The maximum absolute atomic E-state index is 9.01. The summed E-state index contributed by atoms with van der Waals surface area (Å²) >= 11 is 3.34. The third kappa shape index (κ3) is 5.72. The Balaban J connectivity index is 2.52. The van der Waals surface area contributed by atoms with Crippen LogP contribution in [0.3, 0.4) is 0 Å². The number of hydrogen-bond donors (Lipinski definition) is 0. The predicted molar refractivity (Wildman–Crippen MR) is 132 cm³/mol. The molecule has 4 nitrogen and oxygen atoms in total. The standard InChI is InChI=1S/C26H22N4S2/c1-5-22-23(6-2)26(24-10-9-21(31-24)12-20(15-29)16-30)32-25(22)18(4)8-7-17(3)11-19(13-27)14-28/h7-12H,5-6H2,1-4H3/b17-7+,18-8+. The lowest BCUT2D eigenvalue weighted by molar-refractivity contribution is 1.05. The van der Waals surface area contributed by atoms with Gasteiger partial charge in [-0.1, -0.05) is 26.0 Å². The van der Waals surface area contributed by atoms with Gasteiger partial charge in [-0.3, -0.25) is 0 Å². The Labute approximate surface area is 197 Å². The Morgan fingerprint density at radius 2 is 1.47 bits per heavy atom. The molecule has 0 fully saturated rings. The molecule has 0 unspecified atom stereocenters. The van der Waals surface area contributed by atoms with Crippen LogP contribution >= 0.6 is 22.7 Å². The minimum atomic E-state index is 0.0873. The average Bonchev–Trinajstić information content (AvgIpc) is 3.43. The Kier molecular flexibility index (Phi) is 8.95. The summed E-state index contributed by atoms with van der Waals surface area (Å²) in [7, 11) is 0. The van der Waals surface area contributed by atoms with Crippen molar-refractivity contribution >= 4 is 34.3 Å². The molecule has 0 saturated heterocycles. The maximum Gasteiger partial charge on any atom is 0.131 e. The first-order valence-corrected chi connectivity index (χ1v) is 11.7. The molecule has 0 atom stereocenters. The van der Waals surface area contributed by atoms with Gasteiger partial charge in [0, 0.05) is 19.5 Å². The first kappa shape index (κ1) is 24.6. The number of allylic oxidation sites excluding steroid dienone is 7. The van der Waals surface area contributed by atoms with Crippen LogP contribution in [0.15, 0.2) is 47.1 Å². The van der Waals surface area contributed by atoms with E-state index < -0.39 is 0 Å². The van der Waals surface area contributed by atoms with E-state index in [-0.39, 0.29) is 11.1 Å². The molecule has 0 radical (unpaired) electrons. The van der Waals surface area contributed by atoms with E-state index in [9.17, 15) is 0 Å². The van der Waals surface area contributed by atoms with Gasteiger partial charge >= 0.3 is 0 Å². The van der Waals surface area contributed by atoms with Gasteiger partial charge in [0.25, 0.3) is 0 Å². The highest BCUT2D eigenvalue weighted by molar-refractivity contribution is 7.23. The summed E-state index contributed by atoms with van der Waals surface area (Å²) < 4.78 is 0. The van der Waals surface area contributed by atoms with E-state index in [4.69, 9.17) is 21.0 Å². The lowest BCUT2D eigenvalue weighted by atomic mass is 10.00. The minimum absolute atomic E-state index is 0.0873. The highest BCUT2D eigenvalue weighted by Crippen LogP contribution is 2.43. The van der Waals surface area contributed by atoms with Crippen molar-refractivity contribution in [3.05, 3.63) is 68.0 Å². The van der Waals surface area contributed by atoms with Gasteiger partial charge in [0.2, 0.25) is 0 Å². The number of nitrogens with zero attached hydrogens (tertiary/aromatic N) is 4. The Bertz CT molecular complexity index is 1270. The number of rotatable bonds is 7. The molecule has 0 aliphatic carbocycles. The smallest absolute Gasteiger partial charge is 0.131 e.